The predicted octanol–water partition coefficient (Wildman–Crippen LogP) is 4.45. The molecule has 0 aromatic carbocycles. The van der Waals surface area contributed by atoms with Crippen LogP contribution in [0.5, 0.6) is 0 Å². The third-order valence-electron chi connectivity index (χ3n) is 3.46. The third kappa shape index (κ3) is 9.76. The van der Waals surface area contributed by atoms with E-state index in [0.29, 0.717) is 13.0 Å². The summed E-state index contributed by atoms with van der Waals surface area (Å²) in [6.45, 7) is 7.29. The first-order valence-corrected chi connectivity index (χ1v) is 7.91. The van der Waals surface area contributed by atoms with Crippen LogP contribution < -0.4 is 0 Å². The second kappa shape index (κ2) is 12.9. The maximum atomic E-state index is 11.6. The number of carbonyl (C=O) groups excluding carboxylic acids is 2. The summed E-state index contributed by atoms with van der Waals surface area (Å²) in [6, 6.07) is 0. The molecule has 0 amide bonds. The predicted molar refractivity (Wildman–Crippen MR) is 82.6 cm³/mol. The van der Waals surface area contributed by atoms with E-state index in [4.69, 9.17) is 4.74 Å². The fourth-order valence-corrected chi connectivity index (χ4v) is 2.25. The number of ether oxygens (including phenoxy) is 1. The number of allylic oxidation sites excluding steroid dienone is 1. The van der Waals surface area contributed by atoms with Gasteiger partial charge in [0.1, 0.15) is 11.7 Å². The van der Waals surface area contributed by atoms with Crippen molar-refractivity contribution in [3.8, 4) is 0 Å². The van der Waals surface area contributed by atoms with E-state index >= 15 is 0 Å². The minimum atomic E-state index is -0.553. The summed E-state index contributed by atoms with van der Waals surface area (Å²) in [5, 5.41) is 0. The molecule has 20 heavy (non-hydrogen) atoms. The first-order chi connectivity index (χ1) is 9.63. The van der Waals surface area contributed by atoms with E-state index in [-0.39, 0.29) is 11.8 Å². The topological polar surface area (TPSA) is 43.4 Å². The van der Waals surface area contributed by atoms with E-state index in [2.05, 4.69) is 6.58 Å². The van der Waals surface area contributed by atoms with Gasteiger partial charge in [0.15, 0.2) is 0 Å². The minimum Gasteiger partial charge on any atom is -0.465 e. The lowest BCUT2D eigenvalue weighted by Crippen LogP contribution is -2.24. The summed E-state index contributed by atoms with van der Waals surface area (Å²) in [4.78, 5) is 23.0. The number of Topliss-reactive ketones (excluding diaryl/α,β-unsaturated/α-hetero) is 1. The molecule has 0 radical (unpaired) electrons. The van der Waals surface area contributed by atoms with Crippen molar-refractivity contribution in [2.45, 2.75) is 71.6 Å². The molecule has 0 aromatic rings. The zero-order chi connectivity index (χ0) is 15.2. The van der Waals surface area contributed by atoms with Gasteiger partial charge in [-0.25, -0.2) is 0 Å². The summed E-state index contributed by atoms with van der Waals surface area (Å²) in [6.07, 6.45) is 11.9. The number of hydrogen-bond acceptors (Lipinski definition) is 3. The molecule has 0 aliphatic carbocycles. The summed E-state index contributed by atoms with van der Waals surface area (Å²) in [5.74, 6) is -0.986. The molecule has 3 nitrogen and oxygen atoms in total. The van der Waals surface area contributed by atoms with Crippen molar-refractivity contribution >= 4 is 11.8 Å². The van der Waals surface area contributed by atoms with Crippen LogP contribution in [0.15, 0.2) is 12.7 Å². The molecule has 0 aliphatic heterocycles. The second-order valence-corrected chi connectivity index (χ2v) is 5.26. The molecule has 0 bridgehead atoms. The van der Waals surface area contributed by atoms with Crippen LogP contribution >= 0.6 is 0 Å². The summed E-state index contributed by atoms with van der Waals surface area (Å²) in [7, 11) is 0. The highest BCUT2D eigenvalue weighted by Gasteiger charge is 2.23. The number of ketones is 1. The highest BCUT2D eigenvalue weighted by atomic mass is 16.5. The van der Waals surface area contributed by atoms with E-state index in [9.17, 15) is 9.59 Å². The van der Waals surface area contributed by atoms with Crippen LogP contribution in [0.4, 0.5) is 0 Å². The first-order valence-electron chi connectivity index (χ1n) is 7.91. The van der Waals surface area contributed by atoms with Gasteiger partial charge in [0.25, 0.3) is 0 Å². The molecule has 116 valence electrons. The molecule has 3 heteroatoms. The lowest BCUT2D eigenvalue weighted by Gasteiger charge is -2.12. The monoisotopic (exact) mass is 282 g/mol. The average Bonchev–Trinajstić information content (AvgIpc) is 2.40. The number of esters is 1. The van der Waals surface area contributed by atoms with Crippen molar-refractivity contribution in [3.05, 3.63) is 12.7 Å². The van der Waals surface area contributed by atoms with Gasteiger partial charge in [-0.3, -0.25) is 9.59 Å². The average molecular weight is 282 g/mol. The fourth-order valence-electron chi connectivity index (χ4n) is 2.25. The lowest BCUT2D eigenvalue weighted by molar-refractivity contribution is -0.151. The van der Waals surface area contributed by atoms with Crippen molar-refractivity contribution in [1.82, 2.24) is 0 Å². The van der Waals surface area contributed by atoms with Crippen molar-refractivity contribution in [1.29, 1.82) is 0 Å². The van der Waals surface area contributed by atoms with Gasteiger partial charge in [0.05, 0.1) is 6.61 Å². The number of unbranched alkanes of at least 4 members (excludes halogenated alkanes) is 7. The van der Waals surface area contributed by atoms with Gasteiger partial charge in [0, 0.05) is 0 Å². The molecule has 0 rings (SSSR count). The quantitative estimate of drug-likeness (QED) is 0.217. The number of rotatable bonds is 13. The van der Waals surface area contributed by atoms with Crippen LogP contribution in [0, 0.1) is 5.92 Å². The SMILES string of the molecule is C=CCCCCCCCCCC(C(C)=O)C(=O)OCC. The molecule has 0 fully saturated rings. The third-order valence-corrected chi connectivity index (χ3v) is 3.46. The maximum absolute atomic E-state index is 11.6. The van der Waals surface area contributed by atoms with Gasteiger partial charge in [-0.15, -0.1) is 6.58 Å². The molecular weight excluding hydrogens is 252 g/mol. The lowest BCUT2D eigenvalue weighted by atomic mass is 9.97. The molecule has 0 N–H and O–H groups in total. The Morgan fingerprint density at radius 2 is 1.60 bits per heavy atom. The highest BCUT2D eigenvalue weighted by molar-refractivity contribution is 5.97. The van der Waals surface area contributed by atoms with Crippen molar-refractivity contribution in [2.75, 3.05) is 6.61 Å². The largest absolute Gasteiger partial charge is 0.465 e. The van der Waals surface area contributed by atoms with Gasteiger partial charge < -0.3 is 4.74 Å². The van der Waals surface area contributed by atoms with Crippen LogP contribution in [0.3, 0.4) is 0 Å². The Morgan fingerprint density at radius 3 is 2.10 bits per heavy atom. The van der Waals surface area contributed by atoms with E-state index < -0.39 is 5.92 Å². The van der Waals surface area contributed by atoms with Crippen LogP contribution in [0.2, 0.25) is 0 Å². The molecule has 0 saturated heterocycles. The first kappa shape index (κ1) is 18.9. The van der Waals surface area contributed by atoms with Crippen molar-refractivity contribution in [2.24, 2.45) is 5.92 Å². The fraction of sp³-hybridized carbons (Fsp3) is 0.765. The zero-order valence-electron chi connectivity index (χ0n) is 13.2. The molecule has 1 atom stereocenters. The van der Waals surface area contributed by atoms with Crippen LogP contribution in [-0.4, -0.2) is 18.4 Å². The maximum Gasteiger partial charge on any atom is 0.316 e. The Morgan fingerprint density at radius 1 is 1.05 bits per heavy atom. The smallest absolute Gasteiger partial charge is 0.316 e. The number of carbonyl (C=O) groups is 2. The Kier molecular flexibility index (Phi) is 12.2. The van der Waals surface area contributed by atoms with Crippen molar-refractivity contribution in [3.63, 3.8) is 0 Å². The zero-order valence-corrected chi connectivity index (χ0v) is 13.2. The van der Waals surface area contributed by atoms with Gasteiger partial charge in [0.2, 0.25) is 0 Å². The molecule has 0 saturated carbocycles. The highest BCUT2D eigenvalue weighted by Crippen LogP contribution is 2.15. The van der Waals surface area contributed by atoms with Gasteiger partial charge in [-0.2, -0.15) is 0 Å². The van der Waals surface area contributed by atoms with E-state index in [1.54, 1.807) is 6.92 Å². The van der Waals surface area contributed by atoms with Gasteiger partial charge >= 0.3 is 5.97 Å². The minimum absolute atomic E-state index is 0.0760. The standard InChI is InChI=1S/C17H30O3/c1-4-6-7-8-9-10-11-12-13-14-16(15(3)18)17(19)20-5-2/h4,16H,1,5-14H2,2-3H3. The molecule has 0 aliphatic rings. The summed E-state index contributed by atoms with van der Waals surface area (Å²) in [5.41, 5.74) is 0. The van der Waals surface area contributed by atoms with Crippen LogP contribution in [0.1, 0.15) is 71.6 Å². The summed E-state index contributed by atoms with van der Waals surface area (Å²) >= 11 is 0. The van der Waals surface area contributed by atoms with Crippen molar-refractivity contribution < 1.29 is 14.3 Å². The Balaban J connectivity index is 3.62. The molecule has 1 unspecified atom stereocenters. The summed E-state index contributed by atoms with van der Waals surface area (Å²) < 4.78 is 4.93. The van der Waals surface area contributed by atoms with Gasteiger partial charge in [-0.05, 0) is 33.1 Å². The normalized spacial score (nSPS) is 11.9. The molecule has 0 heterocycles. The van der Waals surface area contributed by atoms with E-state index in [0.717, 1.165) is 19.3 Å². The molecule has 0 spiro atoms. The van der Waals surface area contributed by atoms with Crippen LogP contribution in [0.25, 0.3) is 0 Å². The Bertz CT molecular complexity index is 284. The van der Waals surface area contributed by atoms with E-state index in [1.807, 2.05) is 6.08 Å². The van der Waals surface area contributed by atoms with Gasteiger partial charge in [-0.1, -0.05) is 44.6 Å². The second-order valence-electron chi connectivity index (χ2n) is 5.26. The molecule has 0 aromatic heterocycles. The number of hydrogen-bond donors (Lipinski definition) is 0. The Labute approximate surface area is 123 Å². The van der Waals surface area contributed by atoms with E-state index in [1.165, 1.54) is 39.0 Å². The Hall–Kier alpha value is -1.12. The molecular formula is C17H30O3. The van der Waals surface area contributed by atoms with Crippen LogP contribution in [-0.2, 0) is 14.3 Å².